The van der Waals surface area contributed by atoms with Crippen molar-refractivity contribution in [1.29, 1.82) is 0 Å². The Bertz CT molecular complexity index is 145. The van der Waals surface area contributed by atoms with E-state index in [-0.39, 0.29) is 6.79 Å². The highest BCUT2D eigenvalue weighted by atomic mass is 28.4. The number of rotatable bonds is 8. The van der Waals surface area contributed by atoms with Gasteiger partial charge in [0.2, 0.25) is 0 Å². The van der Waals surface area contributed by atoms with E-state index in [4.69, 9.17) is 18.7 Å². The van der Waals surface area contributed by atoms with Crippen molar-refractivity contribution < 1.29 is 18.7 Å². The summed E-state index contributed by atoms with van der Waals surface area (Å²) >= 11 is 0. The minimum Gasteiger partial charge on any atom is -0.398 e. The lowest BCUT2D eigenvalue weighted by Crippen LogP contribution is -2.38. The van der Waals surface area contributed by atoms with Crippen molar-refractivity contribution in [1.82, 2.24) is 0 Å². The van der Waals surface area contributed by atoms with Gasteiger partial charge >= 0.3 is 8.56 Å². The summed E-state index contributed by atoms with van der Waals surface area (Å²) in [6.07, 6.45) is 0.877. The third-order valence-corrected chi connectivity index (χ3v) is 5.11. The average Bonchev–Trinajstić information content (AvgIpc) is 2.18. The Labute approximate surface area is 87.4 Å². The Balaban J connectivity index is 3.72. The van der Waals surface area contributed by atoms with Gasteiger partial charge in [0.15, 0.2) is 6.29 Å². The molecule has 0 aliphatic rings. The molecule has 0 heterocycles. The van der Waals surface area contributed by atoms with Crippen LogP contribution in [-0.2, 0) is 13.6 Å². The molecule has 1 N–H and O–H groups in total. The van der Waals surface area contributed by atoms with Gasteiger partial charge in [-0.2, -0.15) is 0 Å². The Hall–Kier alpha value is 0.0569. The average molecular weight is 222 g/mol. The molecule has 2 unspecified atom stereocenters. The SMILES string of the molecule is CCC[Si](C)(OC)OCOC(O)CC. The molecule has 0 rings (SSSR count). The zero-order valence-corrected chi connectivity index (χ0v) is 10.6. The second-order valence-corrected chi connectivity index (χ2v) is 6.84. The van der Waals surface area contributed by atoms with Crippen LogP contribution in [0.2, 0.25) is 12.6 Å². The lowest BCUT2D eigenvalue weighted by atomic mass is 10.5. The topological polar surface area (TPSA) is 47.9 Å². The smallest absolute Gasteiger partial charge is 0.336 e. The fourth-order valence-corrected chi connectivity index (χ4v) is 2.73. The fraction of sp³-hybridized carbons (Fsp3) is 1.00. The maximum absolute atomic E-state index is 9.13. The number of aliphatic hydroxyl groups excluding tert-OH is 1. The maximum Gasteiger partial charge on any atom is 0.336 e. The van der Waals surface area contributed by atoms with Crippen LogP contribution < -0.4 is 0 Å². The predicted molar refractivity (Wildman–Crippen MR) is 57.1 cm³/mol. The highest BCUT2D eigenvalue weighted by Gasteiger charge is 2.29. The predicted octanol–water partition coefficient (Wildman–Crippen LogP) is 1.83. The molecule has 5 heteroatoms. The molecular formula is C9H22O4Si. The normalized spacial score (nSPS) is 17.8. The molecule has 0 aliphatic carbocycles. The minimum atomic E-state index is -2.04. The second kappa shape index (κ2) is 7.36. The van der Waals surface area contributed by atoms with E-state index in [1.54, 1.807) is 7.11 Å². The number of aliphatic hydroxyl groups is 1. The summed E-state index contributed by atoms with van der Waals surface area (Å²) < 4.78 is 15.9. The van der Waals surface area contributed by atoms with Crippen LogP contribution in [0.25, 0.3) is 0 Å². The third-order valence-electron chi connectivity index (χ3n) is 2.11. The lowest BCUT2D eigenvalue weighted by Gasteiger charge is -2.24. The Morgan fingerprint density at radius 2 is 2.00 bits per heavy atom. The van der Waals surface area contributed by atoms with E-state index in [1.807, 2.05) is 13.5 Å². The number of ether oxygens (including phenoxy) is 1. The molecule has 2 atom stereocenters. The summed E-state index contributed by atoms with van der Waals surface area (Å²) in [6.45, 7) is 6.06. The Morgan fingerprint density at radius 3 is 2.43 bits per heavy atom. The van der Waals surface area contributed by atoms with Gasteiger partial charge in [0.05, 0.1) is 0 Å². The van der Waals surface area contributed by atoms with Crippen molar-refractivity contribution in [2.45, 2.75) is 45.6 Å². The highest BCUT2D eigenvalue weighted by Crippen LogP contribution is 2.14. The first-order valence-corrected chi connectivity index (χ1v) is 7.59. The van der Waals surface area contributed by atoms with E-state index in [0.29, 0.717) is 6.42 Å². The monoisotopic (exact) mass is 222 g/mol. The number of hydrogen-bond acceptors (Lipinski definition) is 4. The van der Waals surface area contributed by atoms with Crippen molar-refractivity contribution >= 4 is 8.56 Å². The van der Waals surface area contributed by atoms with Gasteiger partial charge in [0, 0.05) is 7.11 Å². The van der Waals surface area contributed by atoms with Crippen molar-refractivity contribution in [3.05, 3.63) is 0 Å². The van der Waals surface area contributed by atoms with E-state index in [0.717, 1.165) is 12.5 Å². The summed E-state index contributed by atoms with van der Waals surface area (Å²) in [4.78, 5) is 0. The molecule has 0 aliphatic heterocycles. The third kappa shape index (κ3) is 5.72. The molecule has 0 bridgehead atoms. The van der Waals surface area contributed by atoms with Crippen LogP contribution in [0.4, 0.5) is 0 Å². The first-order chi connectivity index (χ1) is 6.58. The largest absolute Gasteiger partial charge is 0.398 e. The first-order valence-electron chi connectivity index (χ1n) is 5.06. The van der Waals surface area contributed by atoms with Crippen LogP contribution in [0.15, 0.2) is 0 Å². The van der Waals surface area contributed by atoms with Crippen LogP contribution in [0.5, 0.6) is 0 Å². The fourth-order valence-electron chi connectivity index (χ4n) is 1.04. The van der Waals surface area contributed by atoms with Crippen LogP contribution >= 0.6 is 0 Å². The summed E-state index contributed by atoms with van der Waals surface area (Å²) in [7, 11) is -0.374. The quantitative estimate of drug-likeness (QED) is 0.503. The Morgan fingerprint density at radius 1 is 1.36 bits per heavy atom. The maximum atomic E-state index is 9.13. The van der Waals surface area contributed by atoms with Gasteiger partial charge in [-0.15, -0.1) is 0 Å². The number of hydrogen-bond donors (Lipinski definition) is 1. The molecule has 0 saturated heterocycles. The van der Waals surface area contributed by atoms with E-state index in [1.165, 1.54) is 0 Å². The molecule has 86 valence electrons. The molecule has 0 saturated carbocycles. The molecule has 0 radical (unpaired) electrons. The van der Waals surface area contributed by atoms with E-state index >= 15 is 0 Å². The van der Waals surface area contributed by atoms with Crippen LogP contribution in [0.1, 0.15) is 26.7 Å². The van der Waals surface area contributed by atoms with Crippen LogP contribution in [0.3, 0.4) is 0 Å². The lowest BCUT2D eigenvalue weighted by molar-refractivity contribution is -0.149. The molecular weight excluding hydrogens is 200 g/mol. The summed E-state index contributed by atoms with van der Waals surface area (Å²) in [5.74, 6) is 0. The zero-order valence-electron chi connectivity index (χ0n) is 9.58. The van der Waals surface area contributed by atoms with E-state index in [9.17, 15) is 0 Å². The van der Waals surface area contributed by atoms with Crippen LogP contribution in [-0.4, -0.2) is 33.9 Å². The van der Waals surface area contributed by atoms with E-state index in [2.05, 4.69) is 6.92 Å². The molecule has 0 aromatic rings. The van der Waals surface area contributed by atoms with Gasteiger partial charge in [-0.3, -0.25) is 0 Å². The zero-order chi connectivity index (χ0) is 11.0. The molecule has 4 nitrogen and oxygen atoms in total. The van der Waals surface area contributed by atoms with Crippen molar-refractivity contribution in [3.8, 4) is 0 Å². The molecule has 0 aromatic carbocycles. The van der Waals surface area contributed by atoms with Crippen molar-refractivity contribution in [2.24, 2.45) is 0 Å². The molecule has 0 aromatic heterocycles. The van der Waals surface area contributed by atoms with Crippen molar-refractivity contribution in [3.63, 3.8) is 0 Å². The minimum absolute atomic E-state index is 0.117. The van der Waals surface area contributed by atoms with Crippen LogP contribution in [0, 0.1) is 0 Å². The first kappa shape index (κ1) is 14.1. The summed E-state index contributed by atoms with van der Waals surface area (Å²) in [5, 5.41) is 9.13. The van der Waals surface area contributed by atoms with E-state index < -0.39 is 14.9 Å². The molecule has 14 heavy (non-hydrogen) atoms. The molecule has 0 amide bonds. The van der Waals surface area contributed by atoms with Gasteiger partial charge in [0.1, 0.15) is 6.79 Å². The summed E-state index contributed by atoms with van der Waals surface area (Å²) in [5.41, 5.74) is 0. The molecule has 0 spiro atoms. The van der Waals surface area contributed by atoms with Crippen molar-refractivity contribution in [2.75, 3.05) is 13.9 Å². The van der Waals surface area contributed by atoms with Gasteiger partial charge in [-0.1, -0.05) is 20.3 Å². The van der Waals surface area contributed by atoms with Gasteiger partial charge < -0.3 is 18.7 Å². The Kier molecular flexibility index (Phi) is 7.39. The standard InChI is InChI=1S/C9H22O4Si/c1-5-7-14(4,11-3)13-8-12-9(10)6-2/h9-10H,5-8H2,1-4H3. The highest BCUT2D eigenvalue weighted by molar-refractivity contribution is 6.65. The summed E-state index contributed by atoms with van der Waals surface area (Å²) in [6, 6.07) is 0.940. The van der Waals surface area contributed by atoms with Gasteiger partial charge in [-0.05, 0) is 19.0 Å². The van der Waals surface area contributed by atoms with Gasteiger partial charge in [0.25, 0.3) is 0 Å². The van der Waals surface area contributed by atoms with Gasteiger partial charge in [-0.25, -0.2) is 0 Å². The second-order valence-electron chi connectivity index (χ2n) is 3.38. The molecule has 0 fully saturated rings.